The van der Waals surface area contributed by atoms with E-state index < -0.39 is 18.6 Å². The van der Waals surface area contributed by atoms with E-state index >= 15 is 0 Å². The Morgan fingerprint density at radius 3 is 2.50 bits per heavy atom. The van der Waals surface area contributed by atoms with E-state index in [1.165, 1.54) is 12.2 Å². The molecule has 4 heteroatoms. The minimum Gasteiger partial charge on any atom is -0.287 e. The van der Waals surface area contributed by atoms with Gasteiger partial charge in [0.2, 0.25) is 0 Å². The molecule has 0 rings (SSSR count). The zero-order valence-electron chi connectivity index (χ0n) is 6.93. The third-order valence-electron chi connectivity index (χ3n) is 1.36. The first-order valence-corrected chi connectivity index (χ1v) is 3.64. The number of alkyl halides is 3. The fraction of sp³-hybridized carbons (Fsp3) is 0.625. The standard InChI is InChI=1S/C8H12F3N/c1-3-4-5-7(12-2)8(10,11)6-9/h4-5,7H,2-3,6H2,1H3. The summed E-state index contributed by atoms with van der Waals surface area (Å²) in [5, 5.41) is 0. The van der Waals surface area contributed by atoms with Gasteiger partial charge in [-0.3, -0.25) is 4.99 Å². The number of halogens is 3. The van der Waals surface area contributed by atoms with Crippen molar-refractivity contribution in [2.24, 2.45) is 4.99 Å². The molecule has 0 aliphatic carbocycles. The molecule has 1 unspecified atom stereocenters. The summed E-state index contributed by atoms with van der Waals surface area (Å²) in [5.74, 6) is -3.42. The van der Waals surface area contributed by atoms with Crippen LogP contribution >= 0.6 is 0 Å². The third-order valence-corrected chi connectivity index (χ3v) is 1.36. The van der Waals surface area contributed by atoms with Crippen LogP contribution in [0.2, 0.25) is 0 Å². The second kappa shape index (κ2) is 4.95. The van der Waals surface area contributed by atoms with Crippen LogP contribution in [0.15, 0.2) is 17.1 Å². The molecular weight excluding hydrogens is 167 g/mol. The van der Waals surface area contributed by atoms with Gasteiger partial charge in [0.25, 0.3) is 0 Å². The van der Waals surface area contributed by atoms with E-state index in [0.29, 0.717) is 6.42 Å². The highest BCUT2D eigenvalue weighted by Crippen LogP contribution is 2.22. The quantitative estimate of drug-likeness (QED) is 0.454. The average molecular weight is 179 g/mol. The molecule has 0 amide bonds. The normalized spacial score (nSPS) is 15.0. The van der Waals surface area contributed by atoms with Gasteiger partial charge in [0.15, 0.2) is 6.67 Å². The van der Waals surface area contributed by atoms with E-state index in [2.05, 4.69) is 11.7 Å². The van der Waals surface area contributed by atoms with Crippen LogP contribution in [0.4, 0.5) is 13.2 Å². The summed E-state index contributed by atoms with van der Waals surface area (Å²) in [5.41, 5.74) is 0. The predicted molar refractivity (Wildman–Crippen MR) is 43.7 cm³/mol. The van der Waals surface area contributed by atoms with Crippen LogP contribution in [0, 0.1) is 0 Å². The smallest absolute Gasteiger partial charge is 0.287 e. The van der Waals surface area contributed by atoms with Crippen molar-refractivity contribution in [2.75, 3.05) is 6.67 Å². The van der Waals surface area contributed by atoms with Gasteiger partial charge >= 0.3 is 5.92 Å². The van der Waals surface area contributed by atoms with Crippen molar-refractivity contribution >= 4 is 6.72 Å². The molecule has 1 nitrogen and oxygen atoms in total. The van der Waals surface area contributed by atoms with Crippen LogP contribution in [0.25, 0.3) is 0 Å². The molecule has 0 fully saturated rings. The highest BCUT2D eigenvalue weighted by molar-refractivity contribution is 5.26. The Morgan fingerprint density at radius 2 is 2.17 bits per heavy atom. The van der Waals surface area contributed by atoms with E-state index in [1.54, 1.807) is 6.92 Å². The van der Waals surface area contributed by atoms with Crippen molar-refractivity contribution in [1.82, 2.24) is 0 Å². The Kier molecular flexibility index (Phi) is 4.62. The van der Waals surface area contributed by atoms with Crippen molar-refractivity contribution in [3.05, 3.63) is 12.2 Å². The number of rotatable bonds is 5. The van der Waals surface area contributed by atoms with E-state index in [1.807, 2.05) is 0 Å². The fourth-order valence-electron chi connectivity index (χ4n) is 0.679. The lowest BCUT2D eigenvalue weighted by atomic mass is 10.1. The predicted octanol–water partition coefficient (Wildman–Crippen LogP) is 2.63. The summed E-state index contributed by atoms with van der Waals surface area (Å²) in [6.07, 6.45) is 3.31. The third kappa shape index (κ3) is 3.07. The van der Waals surface area contributed by atoms with E-state index in [0.717, 1.165) is 0 Å². The Bertz CT molecular complexity index is 166. The summed E-state index contributed by atoms with van der Waals surface area (Å²) in [4.78, 5) is 3.14. The Hall–Kier alpha value is -0.800. The molecule has 0 aromatic heterocycles. The summed E-state index contributed by atoms with van der Waals surface area (Å²) >= 11 is 0. The monoisotopic (exact) mass is 179 g/mol. The van der Waals surface area contributed by atoms with Gasteiger partial charge in [-0.15, -0.1) is 0 Å². The molecule has 1 atom stereocenters. The number of aliphatic imine (C=N–C) groups is 1. The fourth-order valence-corrected chi connectivity index (χ4v) is 0.679. The largest absolute Gasteiger partial charge is 0.301 e. The molecule has 0 aliphatic rings. The van der Waals surface area contributed by atoms with Gasteiger partial charge in [-0.1, -0.05) is 19.1 Å². The molecule has 0 aliphatic heterocycles. The summed E-state index contributed by atoms with van der Waals surface area (Å²) < 4.78 is 36.9. The van der Waals surface area contributed by atoms with Gasteiger partial charge in [-0.05, 0) is 13.1 Å². The minimum absolute atomic E-state index is 0.619. The van der Waals surface area contributed by atoms with Gasteiger partial charge in [-0.2, -0.15) is 0 Å². The topological polar surface area (TPSA) is 12.4 Å². The van der Waals surface area contributed by atoms with Crippen LogP contribution in [-0.4, -0.2) is 25.4 Å². The Labute approximate surface area is 70.0 Å². The molecular formula is C8H12F3N. The lowest BCUT2D eigenvalue weighted by Gasteiger charge is -2.16. The molecule has 0 spiro atoms. The first kappa shape index (κ1) is 11.2. The molecule has 12 heavy (non-hydrogen) atoms. The van der Waals surface area contributed by atoms with Gasteiger partial charge in [0.05, 0.1) is 0 Å². The maximum absolute atomic E-state index is 12.6. The number of hydrogen-bond donors (Lipinski definition) is 0. The van der Waals surface area contributed by atoms with Crippen LogP contribution in [0.3, 0.4) is 0 Å². The van der Waals surface area contributed by atoms with Crippen LogP contribution in [-0.2, 0) is 0 Å². The van der Waals surface area contributed by atoms with Crippen molar-refractivity contribution in [3.63, 3.8) is 0 Å². The lowest BCUT2D eigenvalue weighted by Crippen LogP contribution is -2.32. The summed E-state index contributed by atoms with van der Waals surface area (Å²) in [7, 11) is 0. The first-order chi connectivity index (χ1) is 5.58. The molecule has 0 bridgehead atoms. The molecule has 0 radical (unpaired) electrons. The van der Waals surface area contributed by atoms with Crippen molar-refractivity contribution < 1.29 is 13.2 Å². The molecule has 0 saturated heterocycles. The second-order valence-electron chi connectivity index (χ2n) is 2.36. The van der Waals surface area contributed by atoms with E-state index in [-0.39, 0.29) is 0 Å². The highest BCUT2D eigenvalue weighted by Gasteiger charge is 2.37. The molecule has 0 saturated carbocycles. The number of allylic oxidation sites excluding steroid dienone is 1. The van der Waals surface area contributed by atoms with Crippen molar-refractivity contribution in [3.8, 4) is 0 Å². The maximum atomic E-state index is 12.6. The van der Waals surface area contributed by atoms with E-state index in [9.17, 15) is 13.2 Å². The van der Waals surface area contributed by atoms with Gasteiger partial charge in [-0.25, -0.2) is 13.2 Å². The van der Waals surface area contributed by atoms with Gasteiger partial charge in [0, 0.05) is 0 Å². The Balaban J connectivity index is 4.33. The van der Waals surface area contributed by atoms with Crippen molar-refractivity contribution in [2.45, 2.75) is 25.3 Å². The number of hydrogen-bond acceptors (Lipinski definition) is 1. The summed E-state index contributed by atoms with van der Waals surface area (Å²) in [6.45, 7) is 3.07. The molecule has 70 valence electrons. The molecule has 0 aromatic carbocycles. The first-order valence-electron chi connectivity index (χ1n) is 3.64. The molecule has 0 heterocycles. The zero-order valence-corrected chi connectivity index (χ0v) is 6.93. The Morgan fingerprint density at radius 1 is 1.58 bits per heavy atom. The zero-order chi connectivity index (χ0) is 9.61. The van der Waals surface area contributed by atoms with Crippen molar-refractivity contribution in [1.29, 1.82) is 0 Å². The SMILES string of the molecule is C=NC(C=CCC)C(F)(F)CF. The number of nitrogens with zero attached hydrogens (tertiary/aromatic N) is 1. The average Bonchev–Trinajstić information content (AvgIpc) is 2.05. The lowest BCUT2D eigenvalue weighted by molar-refractivity contribution is -0.0322. The minimum atomic E-state index is -3.42. The van der Waals surface area contributed by atoms with Crippen LogP contribution < -0.4 is 0 Å². The van der Waals surface area contributed by atoms with Crippen LogP contribution in [0.1, 0.15) is 13.3 Å². The second-order valence-corrected chi connectivity index (χ2v) is 2.36. The summed E-state index contributed by atoms with van der Waals surface area (Å²) in [6, 6.07) is -1.44. The molecule has 0 aromatic rings. The highest BCUT2D eigenvalue weighted by atomic mass is 19.3. The van der Waals surface area contributed by atoms with E-state index in [4.69, 9.17) is 0 Å². The molecule has 0 N–H and O–H groups in total. The van der Waals surface area contributed by atoms with Gasteiger partial charge < -0.3 is 0 Å². The van der Waals surface area contributed by atoms with Gasteiger partial charge in [0.1, 0.15) is 6.04 Å². The van der Waals surface area contributed by atoms with Crippen LogP contribution in [0.5, 0.6) is 0 Å². The maximum Gasteiger partial charge on any atom is 0.301 e.